The van der Waals surface area contributed by atoms with Gasteiger partial charge in [0.25, 0.3) is 5.88 Å². The third-order valence-electron chi connectivity index (χ3n) is 5.39. The van der Waals surface area contributed by atoms with E-state index in [0.717, 1.165) is 21.3 Å². The fourth-order valence-electron chi connectivity index (χ4n) is 3.64. The van der Waals surface area contributed by atoms with Gasteiger partial charge in [-0.3, -0.25) is 4.98 Å². The molecule has 5 aromatic rings. The fourth-order valence-corrected chi connectivity index (χ4v) is 4.71. The summed E-state index contributed by atoms with van der Waals surface area (Å²) in [6.07, 6.45) is 0. The highest BCUT2D eigenvalue weighted by Gasteiger charge is 2.20. The van der Waals surface area contributed by atoms with Crippen LogP contribution in [0.1, 0.15) is 25.2 Å². The SMILES string of the molecule is CC(C)(O)c1cccc(COc2nc(-c3cc(Cl)c4ncsc4c3)c(-c3ccccc3)nc2N)n1. The number of anilines is 1. The zero-order chi connectivity index (χ0) is 24.6. The minimum atomic E-state index is -1.06. The number of nitrogen functional groups attached to an aromatic ring is 1. The maximum absolute atomic E-state index is 10.3. The molecule has 7 nitrogen and oxygen atoms in total. The molecule has 2 aromatic carbocycles. The minimum Gasteiger partial charge on any atom is -0.469 e. The number of halogens is 1. The van der Waals surface area contributed by atoms with Gasteiger partial charge in [0, 0.05) is 11.1 Å². The van der Waals surface area contributed by atoms with E-state index in [1.165, 1.54) is 11.3 Å². The Hall–Kier alpha value is -3.59. The van der Waals surface area contributed by atoms with Crippen LogP contribution >= 0.6 is 22.9 Å². The molecule has 5 rings (SSSR count). The van der Waals surface area contributed by atoms with Crippen molar-refractivity contribution in [3.63, 3.8) is 0 Å². The van der Waals surface area contributed by atoms with Crippen molar-refractivity contribution >= 4 is 39.0 Å². The molecule has 0 spiro atoms. The summed E-state index contributed by atoms with van der Waals surface area (Å²) in [5, 5.41) is 10.8. The summed E-state index contributed by atoms with van der Waals surface area (Å²) in [5.41, 5.74) is 11.8. The second-order valence-corrected chi connectivity index (χ2v) is 9.79. The summed E-state index contributed by atoms with van der Waals surface area (Å²) >= 11 is 8.03. The molecule has 0 aliphatic carbocycles. The van der Waals surface area contributed by atoms with E-state index >= 15 is 0 Å². The molecule has 0 bridgehead atoms. The highest BCUT2D eigenvalue weighted by atomic mass is 35.5. The highest BCUT2D eigenvalue weighted by molar-refractivity contribution is 7.16. The maximum atomic E-state index is 10.3. The highest BCUT2D eigenvalue weighted by Crippen LogP contribution is 2.37. The Morgan fingerprint density at radius 1 is 0.971 bits per heavy atom. The first kappa shape index (κ1) is 23.2. The number of ether oxygens (including phenoxy) is 1. The van der Waals surface area contributed by atoms with E-state index in [-0.39, 0.29) is 18.3 Å². The van der Waals surface area contributed by atoms with E-state index in [1.54, 1.807) is 25.4 Å². The number of aliphatic hydroxyl groups is 1. The predicted molar refractivity (Wildman–Crippen MR) is 139 cm³/mol. The van der Waals surface area contributed by atoms with Crippen molar-refractivity contribution < 1.29 is 9.84 Å². The Bertz CT molecular complexity index is 1520. The van der Waals surface area contributed by atoms with Crippen molar-refractivity contribution in [2.45, 2.75) is 26.1 Å². The molecule has 0 saturated carbocycles. The van der Waals surface area contributed by atoms with E-state index in [2.05, 4.69) is 15.0 Å². The van der Waals surface area contributed by atoms with E-state index in [4.69, 9.17) is 27.1 Å². The minimum absolute atomic E-state index is 0.113. The van der Waals surface area contributed by atoms with Gasteiger partial charge in [-0.15, -0.1) is 11.3 Å². The quantitative estimate of drug-likeness (QED) is 0.299. The standard InChI is InChI=1S/C26H22ClN5O2S/c1-26(2,33)20-10-6-9-17(30-20)13-34-25-24(28)31-21(15-7-4-3-5-8-15)22(32-25)16-11-18(27)23-19(12-16)35-14-29-23/h3-12,14,33H,13H2,1-2H3,(H2,28,31). The summed E-state index contributed by atoms with van der Waals surface area (Å²) in [6.45, 7) is 3.48. The first-order chi connectivity index (χ1) is 16.8. The number of pyridine rings is 1. The molecule has 0 fully saturated rings. The summed E-state index contributed by atoms with van der Waals surface area (Å²) in [5.74, 6) is 0.354. The number of benzene rings is 2. The molecular weight excluding hydrogens is 482 g/mol. The molecule has 0 aliphatic heterocycles. The van der Waals surface area contributed by atoms with Crippen molar-refractivity contribution in [1.29, 1.82) is 0 Å². The average molecular weight is 504 g/mol. The van der Waals surface area contributed by atoms with Gasteiger partial charge in [0.2, 0.25) is 0 Å². The lowest BCUT2D eigenvalue weighted by molar-refractivity contribution is 0.0734. The first-order valence-corrected chi connectivity index (χ1v) is 12.1. The molecule has 3 heterocycles. The topological polar surface area (TPSA) is 107 Å². The third-order valence-corrected chi connectivity index (χ3v) is 6.45. The Labute approximate surface area is 211 Å². The molecule has 3 aromatic heterocycles. The molecule has 0 radical (unpaired) electrons. The average Bonchev–Trinajstić information content (AvgIpc) is 3.33. The Morgan fingerprint density at radius 2 is 1.74 bits per heavy atom. The zero-order valence-electron chi connectivity index (χ0n) is 19.1. The van der Waals surface area contributed by atoms with E-state index < -0.39 is 5.60 Å². The van der Waals surface area contributed by atoms with Gasteiger partial charge in [0.15, 0.2) is 5.82 Å². The number of aromatic nitrogens is 4. The van der Waals surface area contributed by atoms with E-state index in [0.29, 0.717) is 27.8 Å². The molecule has 0 aliphatic rings. The van der Waals surface area contributed by atoms with Gasteiger partial charge in [0.1, 0.15) is 17.9 Å². The molecule has 0 saturated heterocycles. The van der Waals surface area contributed by atoms with Crippen LogP contribution in [0.5, 0.6) is 5.88 Å². The zero-order valence-corrected chi connectivity index (χ0v) is 20.6. The van der Waals surface area contributed by atoms with Crippen LogP contribution in [-0.2, 0) is 12.2 Å². The Kier molecular flexibility index (Phi) is 6.10. The Balaban J connectivity index is 1.57. The van der Waals surface area contributed by atoms with Crippen molar-refractivity contribution in [1.82, 2.24) is 19.9 Å². The maximum Gasteiger partial charge on any atom is 0.258 e. The molecule has 0 amide bonds. The van der Waals surface area contributed by atoms with Crippen molar-refractivity contribution in [3.8, 4) is 28.4 Å². The number of hydrogen-bond acceptors (Lipinski definition) is 8. The predicted octanol–water partition coefficient (Wildman–Crippen LogP) is 5.86. The lowest BCUT2D eigenvalue weighted by atomic mass is 10.0. The lowest BCUT2D eigenvalue weighted by Gasteiger charge is -2.17. The van der Waals surface area contributed by atoms with Crippen LogP contribution in [0.25, 0.3) is 32.7 Å². The van der Waals surface area contributed by atoms with Crippen molar-refractivity contribution in [2.75, 3.05) is 5.73 Å². The van der Waals surface area contributed by atoms with E-state index in [9.17, 15) is 5.11 Å². The number of nitrogens with zero attached hydrogens (tertiary/aromatic N) is 4. The van der Waals surface area contributed by atoms with Crippen LogP contribution in [0.15, 0.2) is 66.2 Å². The number of fused-ring (bicyclic) bond motifs is 1. The smallest absolute Gasteiger partial charge is 0.258 e. The molecule has 3 N–H and O–H groups in total. The van der Waals surface area contributed by atoms with Crippen LogP contribution in [-0.4, -0.2) is 25.0 Å². The van der Waals surface area contributed by atoms with Crippen molar-refractivity contribution in [3.05, 3.63) is 82.6 Å². The largest absolute Gasteiger partial charge is 0.469 e. The molecule has 176 valence electrons. The van der Waals surface area contributed by atoms with Gasteiger partial charge < -0.3 is 15.6 Å². The Morgan fingerprint density at radius 3 is 2.51 bits per heavy atom. The molecule has 35 heavy (non-hydrogen) atoms. The summed E-state index contributed by atoms with van der Waals surface area (Å²) in [6, 6.07) is 18.9. The van der Waals surface area contributed by atoms with Gasteiger partial charge in [-0.2, -0.15) is 0 Å². The lowest BCUT2D eigenvalue weighted by Crippen LogP contribution is -2.18. The van der Waals surface area contributed by atoms with Gasteiger partial charge in [-0.05, 0) is 38.1 Å². The van der Waals surface area contributed by atoms with Gasteiger partial charge in [-0.25, -0.2) is 15.0 Å². The monoisotopic (exact) mass is 503 g/mol. The molecule has 0 unspecified atom stereocenters. The second kappa shape index (κ2) is 9.22. The van der Waals surface area contributed by atoms with Crippen LogP contribution in [0.2, 0.25) is 5.02 Å². The van der Waals surface area contributed by atoms with Crippen LogP contribution < -0.4 is 10.5 Å². The normalized spacial score (nSPS) is 11.7. The number of nitrogens with two attached hydrogens (primary N) is 1. The van der Waals surface area contributed by atoms with Gasteiger partial charge >= 0.3 is 0 Å². The van der Waals surface area contributed by atoms with Gasteiger partial charge in [-0.1, -0.05) is 48.0 Å². The number of thiazole rings is 1. The van der Waals surface area contributed by atoms with Crippen molar-refractivity contribution in [2.24, 2.45) is 0 Å². The third kappa shape index (κ3) is 4.81. The second-order valence-electron chi connectivity index (χ2n) is 8.50. The first-order valence-electron chi connectivity index (χ1n) is 10.9. The van der Waals surface area contributed by atoms with E-state index in [1.807, 2.05) is 54.6 Å². The number of hydrogen-bond donors (Lipinski definition) is 2. The van der Waals surface area contributed by atoms with Crippen LogP contribution in [0.4, 0.5) is 5.82 Å². The van der Waals surface area contributed by atoms with Crippen LogP contribution in [0.3, 0.4) is 0 Å². The fraction of sp³-hybridized carbons (Fsp3) is 0.154. The summed E-state index contributed by atoms with van der Waals surface area (Å²) in [4.78, 5) is 18.3. The summed E-state index contributed by atoms with van der Waals surface area (Å²) < 4.78 is 6.91. The molecular formula is C26H22ClN5O2S. The summed E-state index contributed by atoms with van der Waals surface area (Å²) in [7, 11) is 0. The van der Waals surface area contributed by atoms with Crippen LogP contribution in [0, 0.1) is 0 Å². The van der Waals surface area contributed by atoms with Gasteiger partial charge in [0.05, 0.1) is 37.8 Å². The molecule has 9 heteroatoms. The number of rotatable bonds is 6. The molecule has 0 atom stereocenters.